The Morgan fingerprint density at radius 3 is 2.68 bits per heavy atom. The summed E-state index contributed by atoms with van der Waals surface area (Å²) in [6.07, 6.45) is 1.70. The zero-order valence-corrected chi connectivity index (χ0v) is 13.4. The lowest BCUT2D eigenvalue weighted by Gasteiger charge is -2.22. The van der Waals surface area contributed by atoms with E-state index in [-0.39, 0.29) is 30.3 Å². The summed E-state index contributed by atoms with van der Waals surface area (Å²) in [5, 5.41) is 9.11. The predicted octanol–water partition coefficient (Wildman–Crippen LogP) is 2.39. The molecular weight excluding hydrogens is 298 g/mol. The molecule has 0 aromatic carbocycles. The molecule has 2 heterocycles. The van der Waals surface area contributed by atoms with Crippen molar-refractivity contribution in [3.05, 3.63) is 52.5 Å². The second kappa shape index (κ2) is 7.70. The minimum atomic E-state index is -0.240. The summed E-state index contributed by atoms with van der Waals surface area (Å²) in [7, 11) is 0. The van der Waals surface area contributed by atoms with Crippen LogP contribution in [0.2, 0.25) is 0 Å². The first kappa shape index (κ1) is 16.2. The van der Waals surface area contributed by atoms with Crippen LogP contribution in [0.5, 0.6) is 0 Å². The van der Waals surface area contributed by atoms with Crippen LogP contribution < -0.4 is 10.6 Å². The monoisotopic (exact) mass is 317 g/mol. The number of nitrogens with one attached hydrogen (secondary N) is 2. The minimum absolute atomic E-state index is 0.0509. The van der Waals surface area contributed by atoms with Gasteiger partial charge in [0.1, 0.15) is 0 Å². The number of hydrogen-bond donors (Lipinski definition) is 2. The Hall–Kier alpha value is -2.21. The van der Waals surface area contributed by atoms with E-state index in [0.717, 1.165) is 5.69 Å². The molecule has 0 unspecified atom stereocenters. The van der Waals surface area contributed by atoms with Crippen LogP contribution in [0.25, 0.3) is 0 Å². The Labute approximate surface area is 133 Å². The highest BCUT2D eigenvalue weighted by molar-refractivity contribution is 7.08. The van der Waals surface area contributed by atoms with Gasteiger partial charge in [0, 0.05) is 17.1 Å². The molecule has 0 radical (unpaired) electrons. The van der Waals surface area contributed by atoms with E-state index in [1.807, 2.05) is 37.4 Å². The molecule has 0 fully saturated rings. The van der Waals surface area contributed by atoms with E-state index in [9.17, 15) is 9.59 Å². The van der Waals surface area contributed by atoms with Gasteiger partial charge in [-0.2, -0.15) is 11.3 Å². The van der Waals surface area contributed by atoms with Gasteiger partial charge in [-0.25, -0.2) is 0 Å². The molecule has 0 spiro atoms. The van der Waals surface area contributed by atoms with Gasteiger partial charge in [0.05, 0.1) is 18.3 Å². The summed E-state index contributed by atoms with van der Waals surface area (Å²) in [5.74, 6) is -0.269. The maximum absolute atomic E-state index is 12.1. The van der Waals surface area contributed by atoms with Crippen LogP contribution in [0.4, 0.5) is 0 Å². The lowest BCUT2D eigenvalue weighted by atomic mass is 10.0. The van der Waals surface area contributed by atoms with E-state index in [1.165, 1.54) is 11.3 Å². The quantitative estimate of drug-likeness (QED) is 0.859. The Bertz CT molecular complexity index is 612. The highest BCUT2D eigenvalue weighted by atomic mass is 32.1. The summed E-state index contributed by atoms with van der Waals surface area (Å²) in [6.45, 7) is 3.98. The normalized spacial score (nSPS) is 12.0. The van der Waals surface area contributed by atoms with Crippen molar-refractivity contribution in [2.24, 2.45) is 5.92 Å². The third kappa shape index (κ3) is 4.39. The molecule has 0 aliphatic heterocycles. The average molecular weight is 317 g/mol. The standard InChI is InChI=1S/C16H19N3O2S/c1-11(2)15(13-5-3-4-7-17-13)19-14(20)9-18-16(21)12-6-8-22-10-12/h3-8,10-11,15H,9H2,1-2H3,(H,18,21)(H,19,20)/t15-/m0/s1. The average Bonchev–Trinajstić information content (AvgIpc) is 3.05. The number of rotatable bonds is 6. The third-order valence-corrected chi connectivity index (χ3v) is 3.87. The van der Waals surface area contributed by atoms with E-state index in [4.69, 9.17) is 0 Å². The van der Waals surface area contributed by atoms with Crippen molar-refractivity contribution in [1.29, 1.82) is 0 Å². The summed E-state index contributed by atoms with van der Waals surface area (Å²) in [5.41, 5.74) is 1.39. The molecule has 5 nitrogen and oxygen atoms in total. The number of hydrogen-bond acceptors (Lipinski definition) is 4. The van der Waals surface area contributed by atoms with Gasteiger partial charge in [-0.1, -0.05) is 19.9 Å². The van der Waals surface area contributed by atoms with Crippen molar-refractivity contribution in [3.63, 3.8) is 0 Å². The molecule has 0 aliphatic rings. The van der Waals surface area contributed by atoms with Gasteiger partial charge < -0.3 is 10.6 Å². The predicted molar refractivity (Wildman–Crippen MR) is 86.6 cm³/mol. The number of carbonyl (C=O) groups is 2. The number of thiophene rings is 1. The highest BCUT2D eigenvalue weighted by Gasteiger charge is 2.19. The molecule has 6 heteroatoms. The van der Waals surface area contributed by atoms with Crippen LogP contribution in [0.15, 0.2) is 41.2 Å². The number of carbonyl (C=O) groups excluding carboxylic acids is 2. The van der Waals surface area contributed by atoms with Crippen molar-refractivity contribution < 1.29 is 9.59 Å². The van der Waals surface area contributed by atoms with E-state index >= 15 is 0 Å². The molecular formula is C16H19N3O2S. The van der Waals surface area contributed by atoms with Crippen LogP contribution >= 0.6 is 11.3 Å². The Balaban J connectivity index is 1.90. The molecule has 2 rings (SSSR count). The Morgan fingerprint density at radius 1 is 1.27 bits per heavy atom. The second-order valence-electron chi connectivity index (χ2n) is 5.24. The van der Waals surface area contributed by atoms with Crippen LogP contribution in [-0.2, 0) is 4.79 Å². The van der Waals surface area contributed by atoms with Crippen molar-refractivity contribution in [2.75, 3.05) is 6.54 Å². The first-order chi connectivity index (χ1) is 10.6. The van der Waals surface area contributed by atoms with Crippen molar-refractivity contribution >= 4 is 23.2 Å². The van der Waals surface area contributed by atoms with Gasteiger partial charge in [-0.3, -0.25) is 14.6 Å². The zero-order valence-electron chi connectivity index (χ0n) is 12.6. The van der Waals surface area contributed by atoms with E-state index in [1.54, 1.807) is 17.6 Å². The highest BCUT2D eigenvalue weighted by Crippen LogP contribution is 2.18. The lowest BCUT2D eigenvalue weighted by molar-refractivity contribution is -0.121. The number of amides is 2. The molecule has 22 heavy (non-hydrogen) atoms. The molecule has 0 bridgehead atoms. The van der Waals surface area contributed by atoms with Crippen LogP contribution in [0, 0.1) is 5.92 Å². The zero-order chi connectivity index (χ0) is 15.9. The van der Waals surface area contributed by atoms with Gasteiger partial charge >= 0.3 is 0 Å². The second-order valence-corrected chi connectivity index (χ2v) is 6.02. The maximum Gasteiger partial charge on any atom is 0.252 e. The molecule has 2 amide bonds. The third-order valence-electron chi connectivity index (χ3n) is 3.18. The first-order valence-corrected chi connectivity index (χ1v) is 8.03. The van der Waals surface area contributed by atoms with Crippen LogP contribution in [0.1, 0.15) is 35.9 Å². The fourth-order valence-electron chi connectivity index (χ4n) is 2.02. The molecule has 1 atom stereocenters. The number of nitrogens with zero attached hydrogens (tertiary/aromatic N) is 1. The number of aromatic nitrogens is 1. The summed E-state index contributed by atoms with van der Waals surface area (Å²) < 4.78 is 0. The van der Waals surface area contributed by atoms with Gasteiger partial charge in [0.25, 0.3) is 5.91 Å². The molecule has 0 saturated carbocycles. The van der Waals surface area contributed by atoms with E-state index in [2.05, 4.69) is 15.6 Å². The maximum atomic E-state index is 12.1. The smallest absolute Gasteiger partial charge is 0.252 e. The molecule has 2 aromatic heterocycles. The van der Waals surface area contributed by atoms with Crippen molar-refractivity contribution in [2.45, 2.75) is 19.9 Å². The topological polar surface area (TPSA) is 71.1 Å². The molecule has 0 aliphatic carbocycles. The van der Waals surface area contributed by atoms with Crippen LogP contribution in [0.3, 0.4) is 0 Å². The van der Waals surface area contributed by atoms with Gasteiger partial charge in [0.15, 0.2) is 0 Å². The van der Waals surface area contributed by atoms with Crippen LogP contribution in [-0.4, -0.2) is 23.3 Å². The summed E-state index contributed by atoms with van der Waals surface area (Å²) in [4.78, 5) is 28.1. The summed E-state index contributed by atoms with van der Waals surface area (Å²) in [6, 6.07) is 7.16. The fraction of sp³-hybridized carbons (Fsp3) is 0.312. The van der Waals surface area contributed by atoms with Crippen molar-refractivity contribution in [1.82, 2.24) is 15.6 Å². The Morgan fingerprint density at radius 2 is 2.09 bits per heavy atom. The SMILES string of the molecule is CC(C)[C@H](NC(=O)CNC(=O)c1ccsc1)c1ccccn1. The van der Waals surface area contributed by atoms with E-state index < -0.39 is 0 Å². The largest absolute Gasteiger partial charge is 0.346 e. The molecule has 2 aromatic rings. The van der Waals surface area contributed by atoms with Gasteiger partial charge in [0.2, 0.25) is 5.91 Å². The first-order valence-electron chi connectivity index (χ1n) is 7.08. The number of pyridine rings is 1. The molecule has 0 saturated heterocycles. The van der Waals surface area contributed by atoms with Gasteiger partial charge in [-0.15, -0.1) is 0 Å². The minimum Gasteiger partial charge on any atom is -0.346 e. The fourth-order valence-corrected chi connectivity index (χ4v) is 2.66. The molecule has 116 valence electrons. The lowest BCUT2D eigenvalue weighted by Crippen LogP contribution is -2.40. The van der Waals surface area contributed by atoms with Gasteiger partial charge in [-0.05, 0) is 29.5 Å². The Kier molecular flexibility index (Phi) is 5.66. The van der Waals surface area contributed by atoms with E-state index in [0.29, 0.717) is 5.56 Å². The summed E-state index contributed by atoms with van der Waals surface area (Å²) >= 11 is 1.44. The van der Waals surface area contributed by atoms with Crippen molar-refractivity contribution in [3.8, 4) is 0 Å². The molecule has 2 N–H and O–H groups in total.